The third-order valence-corrected chi connectivity index (χ3v) is 6.00. The summed E-state index contributed by atoms with van der Waals surface area (Å²) in [5, 5.41) is 11.6. The lowest BCUT2D eigenvalue weighted by molar-refractivity contribution is -0.156. The molecule has 0 saturated carbocycles. The van der Waals surface area contributed by atoms with Gasteiger partial charge in [-0.15, -0.1) is 0 Å². The monoisotopic (exact) mass is 463 g/mol. The fourth-order valence-electron chi connectivity index (χ4n) is 3.75. The summed E-state index contributed by atoms with van der Waals surface area (Å²) < 4.78 is 5.47. The maximum atomic E-state index is 12.5. The molecule has 1 aromatic rings. The zero-order valence-corrected chi connectivity index (χ0v) is 20.6. The SMILES string of the molecule is CSCC[C@H](NN1CCC(CC(N)C(=O)OC(C)(C)C)=C(c2ccccc2C)C1)C(=O)O. The van der Waals surface area contributed by atoms with Crippen LogP contribution in [0.5, 0.6) is 0 Å². The van der Waals surface area contributed by atoms with E-state index in [1.807, 2.05) is 44.2 Å². The molecule has 0 saturated heterocycles. The molecule has 1 aromatic carbocycles. The number of hydrazine groups is 1. The molecule has 2 rings (SSSR count). The highest BCUT2D eigenvalue weighted by Gasteiger charge is 2.29. The van der Waals surface area contributed by atoms with Gasteiger partial charge in [-0.2, -0.15) is 11.8 Å². The van der Waals surface area contributed by atoms with E-state index < -0.39 is 29.6 Å². The molecule has 0 aromatic heterocycles. The lowest BCUT2D eigenvalue weighted by atomic mass is 9.88. The number of carboxylic acid groups (broad SMARTS) is 1. The second-order valence-electron chi connectivity index (χ2n) is 9.21. The van der Waals surface area contributed by atoms with Gasteiger partial charge in [0.2, 0.25) is 0 Å². The van der Waals surface area contributed by atoms with Crippen LogP contribution >= 0.6 is 11.8 Å². The number of ether oxygens (including phenoxy) is 1. The molecule has 32 heavy (non-hydrogen) atoms. The van der Waals surface area contributed by atoms with Crippen LogP contribution in [0.3, 0.4) is 0 Å². The van der Waals surface area contributed by atoms with Crippen LogP contribution < -0.4 is 11.2 Å². The Morgan fingerprint density at radius 3 is 2.59 bits per heavy atom. The zero-order valence-electron chi connectivity index (χ0n) is 19.8. The van der Waals surface area contributed by atoms with Gasteiger partial charge >= 0.3 is 11.9 Å². The minimum atomic E-state index is -0.849. The summed E-state index contributed by atoms with van der Waals surface area (Å²) in [6.45, 7) is 8.73. The predicted octanol–water partition coefficient (Wildman–Crippen LogP) is 3.22. The van der Waals surface area contributed by atoms with Crippen LogP contribution in [0.4, 0.5) is 0 Å². The number of benzene rings is 1. The number of carbonyl (C=O) groups excluding carboxylic acids is 1. The van der Waals surface area contributed by atoms with Crippen molar-refractivity contribution < 1.29 is 19.4 Å². The van der Waals surface area contributed by atoms with E-state index in [0.29, 0.717) is 32.4 Å². The van der Waals surface area contributed by atoms with Gasteiger partial charge in [-0.1, -0.05) is 29.8 Å². The second-order valence-corrected chi connectivity index (χ2v) is 10.2. The number of carbonyl (C=O) groups is 2. The summed E-state index contributed by atoms with van der Waals surface area (Å²) in [4.78, 5) is 24.2. The first-order valence-corrected chi connectivity index (χ1v) is 12.4. The number of rotatable bonds is 10. The van der Waals surface area contributed by atoms with Crippen molar-refractivity contribution in [1.82, 2.24) is 10.4 Å². The van der Waals surface area contributed by atoms with Crippen LogP contribution in [0.25, 0.3) is 5.57 Å². The molecule has 0 bridgehead atoms. The molecule has 1 unspecified atom stereocenters. The Morgan fingerprint density at radius 2 is 2.00 bits per heavy atom. The van der Waals surface area contributed by atoms with Gasteiger partial charge in [0.1, 0.15) is 17.7 Å². The topological polar surface area (TPSA) is 105 Å². The number of carboxylic acids is 1. The normalized spacial score (nSPS) is 17.2. The van der Waals surface area contributed by atoms with Crippen molar-refractivity contribution in [2.75, 3.05) is 25.1 Å². The number of hydrogen-bond acceptors (Lipinski definition) is 7. The van der Waals surface area contributed by atoms with Gasteiger partial charge < -0.3 is 15.6 Å². The molecular formula is C24H37N3O4S. The van der Waals surface area contributed by atoms with Crippen molar-refractivity contribution in [3.8, 4) is 0 Å². The molecule has 0 amide bonds. The number of nitrogens with one attached hydrogen (secondary N) is 1. The summed E-state index contributed by atoms with van der Waals surface area (Å²) in [6.07, 6.45) is 3.63. The number of esters is 1. The standard InChI is InChI=1S/C24H37N3O4S/c1-16-8-6-7-9-18(16)19-15-27(26-21(22(28)29)11-13-32-5)12-10-17(19)14-20(25)23(30)31-24(2,3)4/h6-9,20-21,26H,10-15,25H2,1-5H3,(H,28,29)/t20?,21-/m0/s1. The van der Waals surface area contributed by atoms with Crippen molar-refractivity contribution >= 4 is 29.3 Å². The number of hydrogen-bond donors (Lipinski definition) is 3. The molecule has 1 aliphatic heterocycles. The summed E-state index contributed by atoms with van der Waals surface area (Å²) in [5.74, 6) is -0.482. The fraction of sp³-hybridized carbons (Fsp3) is 0.583. The third-order valence-electron chi connectivity index (χ3n) is 5.35. The average Bonchev–Trinajstić information content (AvgIpc) is 2.71. The molecule has 0 radical (unpaired) electrons. The zero-order chi connectivity index (χ0) is 23.9. The molecule has 178 valence electrons. The molecule has 4 N–H and O–H groups in total. The third kappa shape index (κ3) is 7.92. The van der Waals surface area contributed by atoms with E-state index in [1.54, 1.807) is 11.8 Å². The van der Waals surface area contributed by atoms with E-state index in [1.165, 1.54) is 0 Å². The van der Waals surface area contributed by atoms with Crippen LogP contribution in [0.15, 0.2) is 29.8 Å². The van der Waals surface area contributed by atoms with Crippen LogP contribution in [-0.4, -0.2) is 64.8 Å². The summed E-state index contributed by atoms with van der Waals surface area (Å²) >= 11 is 1.63. The highest BCUT2D eigenvalue weighted by molar-refractivity contribution is 7.98. The van der Waals surface area contributed by atoms with Gasteiger partial charge in [0.15, 0.2) is 0 Å². The minimum absolute atomic E-state index is 0.405. The highest BCUT2D eigenvalue weighted by Crippen LogP contribution is 2.31. The highest BCUT2D eigenvalue weighted by atomic mass is 32.2. The first-order valence-electron chi connectivity index (χ1n) is 11.0. The molecule has 1 aliphatic rings. The van der Waals surface area contributed by atoms with E-state index in [9.17, 15) is 14.7 Å². The minimum Gasteiger partial charge on any atom is -0.480 e. The van der Waals surface area contributed by atoms with Crippen molar-refractivity contribution in [1.29, 1.82) is 0 Å². The Bertz CT molecular complexity index is 835. The molecule has 0 spiro atoms. The van der Waals surface area contributed by atoms with Crippen LogP contribution in [0.1, 0.15) is 51.2 Å². The number of aryl methyl sites for hydroxylation is 1. The summed E-state index contributed by atoms with van der Waals surface area (Å²) in [5.41, 5.74) is 13.3. The van der Waals surface area contributed by atoms with E-state index in [4.69, 9.17) is 10.5 Å². The van der Waals surface area contributed by atoms with Crippen molar-refractivity contribution in [3.63, 3.8) is 0 Å². The molecule has 0 aliphatic carbocycles. The van der Waals surface area contributed by atoms with E-state index in [2.05, 4.69) is 24.5 Å². The second kappa shape index (κ2) is 11.8. The van der Waals surface area contributed by atoms with Gasteiger partial charge in [-0.3, -0.25) is 9.59 Å². The van der Waals surface area contributed by atoms with Gasteiger partial charge in [0.25, 0.3) is 0 Å². The smallest absolute Gasteiger partial charge is 0.323 e. The quantitative estimate of drug-likeness (QED) is 0.454. The first-order chi connectivity index (χ1) is 15.0. The van der Waals surface area contributed by atoms with Crippen LogP contribution in [-0.2, 0) is 14.3 Å². The maximum absolute atomic E-state index is 12.5. The van der Waals surface area contributed by atoms with Crippen molar-refractivity contribution in [2.45, 2.75) is 64.6 Å². The van der Waals surface area contributed by atoms with Crippen LogP contribution in [0, 0.1) is 6.92 Å². The Hall–Kier alpha value is -1.87. The Kier molecular flexibility index (Phi) is 9.76. The Morgan fingerprint density at radius 1 is 1.31 bits per heavy atom. The van der Waals surface area contributed by atoms with E-state index in [0.717, 1.165) is 28.0 Å². The number of thioether (sulfide) groups is 1. The van der Waals surface area contributed by atoms with Gasteiger partial charge in [0.05, 0.1) is 0 Å². The van der Waals surface area contributed by atoms with Gasteiger partial charge in [0, 0.05) is 13.1 Å². The van der Waals surface area contributed by atoms with Crippen molar-refractivity contribution in [2.24, 2.45) is 5.73 Å². The molecule has 7 nitrogen and oxygen atoms in total. The maximum Gasteiger partial charge on any atom is 0.323 e. The Labute approximate surface area is 195 Å². The Balaban J connectivity index is 2.26. The molecule has 8 heteroatoms. The van der Waals surface area contributed by atoms with Crippen molar-refractivity contribution in [3.05, 3.63) is 41.0 Å². The van der Waals surface area contributed by atoms with Crippen LogP contribution in [0.2, 0.25) is 0 Å². The lowest BCUT2D eigenvalue weighted by Gasteiger charge is -2.34. The number of aliphatic carboxylic acids is 1. The largest absolute Gasteiger partial charge is 0.480 e. The summed E-state index contributed by atoms with van der Waals surface area (Å²) in [7, 11) is 0. The number of nitrogens with two attached hydrogens (primary N) is 1. The van der Waals surface area contributed by atoms with E-state index in [-0.39, 0.29) is 0 Å². The van der Waals surface area contributed by atoms with Gasteiger partial charge in [-0.05, 0) is 75.7 Å². The number of nitrogens with zero attached hydrogens (tertiary/aromatic N) is 1. The fourth-order valence-corrected chi connectivity index (χ4v) is 4.22. The van der Waals surface area contributed by atoms with E-state index >= 15 is 0 Å². The molecule has 0 fully saturated rings. The van der Waals surface area contributed by atoms with Gasteiger partial charge in [-0.25, -0.2) is 10.4 Å². The average molecular weight is 464 g/mol. The molecule has 2 atom stereocenters. The lowest BCUT2D eigenvalue weighted by Crippen LogP contribution is -2.51. The molecular weight excluding hydrogens is 426 g/mol. The molecule has 1 heterocycles. The first kappa shape index (κ1) is 26.4. The predicted molar refractivity (Wildman–Crippen MR) is 130 cm³/mol. The summed E-state index contributed by atoms with van der Waals surface area (Å²) in [6, 6.07) is 6.73.